The summed E-state index contributed by atoms with van der Waals surface area (Å²) in [6, 6.07) is 20.1. The lowest BCUT2D eigenvalue weighted by Gasteiger charge is -2.33. The molecule has 0 spiro atoms. The van der Waals surface area contributed by atoms with E-state index in [2.05, 4.69) is 21.2 Å². The number of amides is 2. The molecular formula is C30H36BrN3O4S. The van der Waals surface area contributed by atoms with Crippen molar-refractivity contribution in [2.24, 2.45) is 0 Å². The Hall–Kier alpha value is -3.17. The molecule has 0 saturated heterocycles. The number of hydrogen-bond donors (Lipinski definition) is 1. The van der Waals surface area contributed by atoms with Gasteiger partial charge in [-0.15, -0.1) is 0 Å². The summed E-state index contributed by atoms with van der Waals surface area (Å²) < 4.78 is 29.8. The molecule has 0 aliphatic rings. The third kappa shape index (κ3) is 7.70. The molecule has 0 unspecified atom stereocenters. The molecule has 0 radical (unpaired) electrons. The van der Waals surface area contributed by atoms with Crippen LogP contribution < -0.4 is 9.62 Å². The Bertz CT molecular complexity index is 1400. The van der Waals surface area contributed by atoms with E-state index in [0.29, 0.717) is 5.69 Å². The van der Waals surface area contributed by atoms with Crippen molar-refractivity contribution >= 4 is 43.5 Å². The number of carbonyl (C=O) groups is 2. The third-order valence-electron chi connectivity index (χ3n) is 6.67. The van der Waals surface area contributed by atoms with Gasteiger partial charge in [-0.1, -0.05) is 70.9 Å². The van der Waals surface area contributed by atoms with Gasteiger partial charge in [0.1, 0.15) is 12.6 Å². The van der Waals surface area contributed by atoms with Gasteiger partial charge in [-0.05, 0) is 75.6 Å². The highest BCUT2D eigenvalue weighted by molar-refractivity contribution is 9.10. The number of carbonyl (C=O) groups excluding carboxylic acids is 2. The number of benzene rings is 3. The number of rotatable bonds is 11. The van der Waals surface area contributed by atoms with Crippen molar-refractivity contribution in [3.8, 4) is 0 Å². The lowest BCUT2D eigenvalue weighted by atomic mass is 10.1. The van der Waals surface area contributed by atoms with E-state index in [0.717, 1.165) is 31.9 Å². The van der Waals surface area contributed by atoms with Gasteiger partial charge in [0.15, 0.2) is 0 Å². The number of halogens is 1. The first kappa shape index (κ1) is 30.4. The first-order chi connectivity index (χ1) is 18.4. The van der Waals surface area contributed by atoms with Crippen LogP contribution in [0.25, 0.3) is 0 Å². The van der Waals surface area contributed by atoms with Crippen molar-refractivity contribution in [1.29, 1.82) is 0 Å². The molecule has 0 heterocycles. The van der Waals surface area contributed by atoms with Crippen molar-refractivity contribution in [3.63, 3.8) is 0 Å². The molecule has 1 N–H and O–H groups in total. The lowest BCUT2D eigenvalue weighted by molar-refractivity contribution is -0.139. The maximum Gasteiger partial charge on any atom is 0.264 e. The van der Waals surface area contributed by atoms with Crippen LogP contribution >= 0.6 is 15.9 Å². The van der Waals surface area contributed by atoms with Crippen LogP contribution in [0.5, 0.6) is 0 Å². The van der Waals surface area contributed by atoms with E-state index in [9.17, 15) is 18.0 Å². The number of nitrogens with one attached hydrogen (secondary N) is 1. The summed E-state index contributed by atoms with van der Waals surface area (Å²) in [7, 11) is -4.09. The van der Waals surface area contributed by atoms with E-state index in [1.807, 2.05) is 64.1 Å². The lowest BCUT2D eigenvalue weighted by Crippen LogP contribution is -2.52. The summed E-state index contributed by atoms with van der Waals surface area (Å²) in [6.07, 6.45) is 0.745. The highest BCUT2D eigenvalue weighted by Gasteiger charge is 2.33. The summed E-state index contributed by atoms with van der Waals surface area (Å²) in [5, 5.41) is 2.94. The highest BCUT2D eigenvalue weighted by Crippen LogP contribution is 2.28. The second-order valence-electron chi connectivity index (χ2n) is 9.76. The van der Waals surface area contributed by atoms with Crippen molar-refractivity contribution in [2.75, 3.05) is 10.8 Å². The minimum absolute atomic E-state index is 0.0604. The Morgan fingerprint density at radius 2 is 1.59 bits per heavy atom. The van der Waals surface area contributed by atoms with Crippen molar-refractivity contribution in [1.82, 2.24) is 10.2 Å². The van der Waals surface area contributed by atoms with Crippen LogP contribution in [0.2, 0.25) is 0 Å². The molecule has 0 saturated carbocycles. The minimum atomic E-state index is -4.09. The fraction of sp³-hybridized carbons (Fsp3) is 0.333. The van der Waals surface area contributed by atoms with Gasteiger partial charge in [0.25, 0.3) is 10.0 Å². The Morgan fingerprint density at radius 3 is 2.18 bits per heavy atom. The molecule has 0 fully saturated rings. The zero-order chi connectivity index (χ0) is 28.7. The molecule has 0 aliphatic carbocycles. The second-order valence-corrected chi connectivity index (χ2v) is 12.5. The predicted octanol–water partition coefficient (Wildman–Crippen LogP) is 5.59. The summed E-state index contributed by atoms with van der Waals surface area (Å²) in [6.45, 7) is 8.97. The molecule has 39 heavy (non-hydrogen) atoms. The maximum absolute atomic E-state index is 14.0. The molecule has 3 rings (SSSR count). The zero-order valence-corrected chi connectivity index (χ0v) is 25.4. The molecule has 7 nitrogen and oxygen atoms in total. The Balaban J connectivity index is 2.04. The first-order valence-electron chi connectivity index (χ1n) is 12.9. The van der Waals surface area contributed by atoms with Gasteiger partial charge >= 0.3 is 0 Å². The van der Waals surface area contributed by atoms with Crippen molar-refractivity contribution in [3.05, 3.63) is 94.0 Å². The molecule has 3 aromatic carbocycles. The van der Waals surface area contributed by atoms with Crippen molar-refractivity contribution in [2.45, 2.75) is 64.6 Å². The molecule has 2 amide bonds. The number of hydrogen-bond acceptors (Lipinski definition) is 4. The van der Waals surface area contributed by atoms with Crippen LogP contribution in [0.4, 0.5) is 5.69 Å². The predicted molar refractivity (Wildman–Crippen MR) is 159 cm³/mol. The van der Waals surface area contributed by atoms with Gasteiger partial charge < -0.3 is 10.2 Å². The smallest absolute Gasteiger partial charge is 0.264 e. The van der Waals surface area contributed by atoms with Gasteiger partial charge in [0, 0.05) is 17.1 Å². The van der Waals surface area contributed by atoms with Crippen LogP contribution in [0.1, 0.15) is 43.9 Å². The molecule has 208 valence electrons. The quantitative estimate of drug-likeness (QED) is 0.305. The molecule has 0 aliphatic heterocycles. The van der Waals surface area contributed by atoms with Crippen LogP contribution in [-0.4, -0.2) is 43.8 Å². The zero-order valence-electron chi connectivity index (χ0n) is 23.0. The van der Waals surface area contributed by atoms with E-state index in [4.69, 9.17) is 0 Å². The molecule has 0 bridgehead atoms. The summed E-state index contributed by atoms with van der Waals surface area (Å²) in [5.41, 5.74) is 2.94. The van der Waals surface area contributed by atoms with Gasteiger partial charge in [-0.3, -0.25) is 13.9 Å². The monoisotopic (exact) mass is 613 g/mol. The number of sulfonamides is 1. The minimum Gasteiger partial charge on any atom is -0.352 e. The number of aryl methyl sites for hydroxylation is 2. The SMILES string of the molecule is CC[C@H](C)NC(=O)[C@@H](C)N(Cc1ccc(Br)cc1)C(=O)CN(c1ccc(C)cc1C)S(=O)(=O)c1ccccc1. The normalized spacial score (nSPS) is 12.9. The van der Waals surface area contributed by atoms with Crippen LogP contribution in [0.3, 0.4) is 0 Å². The summed E-state index contributed by atoms with van der Waals surface area (Å²) in [4.78, 5) is 28.6. The van der Waals surface area contributed by atoms with E-state index in [1.165, 1.54) is 17.0 Å². The van der Waals surface area contributed by atoms with Crippen LogP contribution in [0.15, 0.2) is 82.2 Å². The molecule has 9 heteroatoms. The molecular weight excluding hydrogens is 578 g/mol. The topological polar surface area (TPSA) is 86.8 Å². The van der Waals surface area contributed by atoms with Crippen LogP contribution in [-0.2, 0) is 26.2 Å². The van der Waals surface area contributed by atoms with Crippen LogP contribution in [0, 0.1) is 13.8 Å². The summed E-state index contributed by atoms with van der Waals surface area (Å²) >= 11 is 3.42. The van der Waals surface area contributed by atoms with E-state index < -0.39 is 28.5 Å². The van der Waals surface area contributed by atoms with E-state index in [1.54, 1.807) is 31.2 Å². The average Bonchev–Trinajstić information content (AvgIpc) is 2.91. The standard InChI is InChI=1S/C30H36BrN3O4S/c1-6-23(4)32-30(36)24(5)33(19-25-13-15-26(31)16-14-25)29(35)20-34(28-17-12-21(2)18-22(28)3)39(37,38)27-10-8-7-9-11-27/h7-18,23-24H,6,19-20H2,1-5H3,(H,32,36)/t23-,24+/m0/s1. The van der Waals surface area contributed by atoms with Gasteiger partial charge in [0.05, 0.1) is 10.6 Å². The largest absolute Gasteiger partial charge is 0.352 e. The Kier molecular flexibility index (Phi) is 10.3. The Morgan fingerprint density at radius 1 is 0.949 bits per heavy atom. The second kappa shape index (κ2) is 13.3. The summed E-state index contributed by atoms with van der Waals surface area (Å²) in [5.74, 6) is -0.775. The maximum atomic E-state index is 14.0. The first-order valence-corrected chi connectivity index (χ1v) is 15.2. The highest BCUT2D eigenvalue weighted by atomic mass is 79.9. The number of nitrogens with zero attached hydrogens (tertiary/aromatic N) is 2. The molecule has 3 aromatic rings. The number of anilines is 1. The average molecular weight is 615 g/mol. The van der Waals surface area contributed by atoms with Crippen molar-refractivity contribution < 1.29 is 18.0 Å². The van der Waals surface area contributed by atoms with E-state index in [-0.39, 0.29) is 23.4 Å². The molecule has 0 aromatic heterocycles. The third-order valence-corrected chi connectivity index (χ3v) is 8.97. The fourth-order valence-electron chi connectivity index (χ4n) is 4.15. The fourth-order valence-corrected chi connectivity index (χ4v) is 5.92. The van der Waals surface area contributed by atoms with Gasteiger partial charge in [-0.2, -0.15) is 0 Å². The Labute approximate surface area is 240 Å². The van der Waals surface area contributed by atoms with Gasteiger partial charge in [-0.25, -0.2) is 8.42 Å². The molecule has 2 atom stereocenters. The van der Waals surface area contributed by atoms with E-state index >= 15 is 0 Å². The van der Waals surface area contributed by atoms with Gasteiger partial charge in [0.2, 0.25) is 11.8 Å².